The minimum Gasteiger partial charge on any atom is -0.459 e. The molecule has 2 heteroatoms. The van der Waals surface area contributed by atoms with Crippen molar-refractivity contribution < 1.29 is 9.53 Å². The molecule has 2 unspecified atom stereocenters. The lowest BCUT2D eigenvalue weighted by atomic mass is 9.65. The molecular weight excluding hydrogens is 176 g/mol. The van der Waals surface area contributed by atoms with E-state index in [4.69, 9.17) is 4.74 Å². The van der Waals surface area contributed by atoms with Crippen LogP contribution in [0.2, 0.25) is 0 Å². The van der Waals surface area contributed by atoms with Gasteiger partial charge in [0.05, 0.1) is 0 Å². The Labute approximate surface area is 86.0 Å². The number of hydrogen-bond donors (Lipinski definition) is 0. The number of carbonyl (C=O) groups is 1. The van der Waals surface area contributed by atoms with Gasteiger partial charge in [-0.3, -0.25) is 4.79 Å². The second-order valence-corrected chi connectivity index (χ2v) is 6.01. The zero-order valence-electron chi connectivity index (χ0n) is 9.43. The maximum Gasteiger partial charge on any atom is 0.306 e. The third kappa shape index (κ3) is 1.79. The topological polar surface area (TPSA) is 26.3 Å². The number of carbonyl (C=O) groups excluding carboxylic acids is 1. The first-order valence-electron chi connectivity index (χ1n) is 5.63. The Kier molecular flexibility index (Phi) is 2.13. The first-order valence-corrected chi connectivity index (χ1v) is 5.63. The Morgan fingerprint density at radius 1 is 1.36 bits per heavy atom. The monoisotopic (exact) mass is 196 g/mol. The minimum atomic E-state index is -0.0990. The molecule has 2 fully saturated rings. The second kappa shape index (κ2) is 2.98. The molecular formula is C12H20O2. The van der Waals surface area contributed by atoms with Crippen LogP contribution in [0.4, 0.5) is 0 Å². The molecule has 80 valence electrons. The van der Waals surface area contributed by atoms with Crippen molar-refractivity contribution in [2.24, 2.45) is 11.3 Å². The summed E-state index contributed by atoms with van der Waals surface area (Å²) in [6.07, 6.45) is 4.95. The van der Waals surface area contributed by atoms with Crippen LogP contribution in [0.25, 0.3) is 0 Å². The summed E-state index contributed by atoms with van der Waals surface area (Å²) >= 11 is 0. The van der Waals surface area contributed by atoms with Crippen LogP contribution < -0.4 is 0 Å². The predicted octanol–water partition coefficient (Wildman–Crippen LogP) is 2.91. The molecule has 0 aromatic rings. The summed E-state index contributed by atoms with van der Waals surface area (Å²) in [6.45, 7) is 6.85. The summed E-state index contributed by atoms with van der Waals surface area (Å²) in [6, 6.07) is 0. The fourth-order valence-corrected chi connectivity index (χ4v) is 3.61. The summed E-state index contributed by atoms with van der Waals surface area (Å²) in [7, 11) is 0. The van der Waals surface area contributed by atoms with E-state index in [0.717, 1.165) is 19.3 Å². The zero-order chi connectivity index (χ0) is 10.4. The van der Waals surface area contributed by atoms with E-state index in [0.29, 0.717) is 17.8 Å². The summed E-state index contributed by atoms with van der Waals surface area (Å²) in [5.74, 6) is 0.694. The van der Waals surface area contributed by atoms with Crippen molar-refractivity contribution in [2.75, 3.05) is 0 Å². The Hall–Kier alpha value is -0.530. The Morgan fingerprint density at radius 2 is 2.07 bits per heavy atom. The molecule has 0 amide bonds. The van der Waals surface area contributed by atoms with Crippen LogP contribution >= 0.6 is 0 Å². The van der Waals surface area contributed by atoms with Gasteiger partial charge in [-0.15, -0.1) is 0 Å². The fraction of sp³-hybridized carbons (Fsp3) is 0.917. The highest BCUT2D eigenvalue weighted by molar-refractivity contribution is 5.72. The normalized spacial score (nSPS) is 41.4. The highest BCUT2D eigenvalue weighted by Crippen LogP contribution is 2.49. The van der Waals surface area contributed by atoms with E-state index < -0.39 is 0 Å². The van der Waals surface area contributed by atoms with E-state index in [-0.39, 0.29) is 11.6 Å². The van der Waals surface area contributed by atoms with Gasteiger partial charge in [0.2, 0.25) is 0 Å². The quantitative estimate of drug-likeness (QED) is 0.557. The summed E-state index contributed by atoms with van der Waals surface area (Å²) in [4.78, 5) is 11.2. The van der Waals surface area contributed by atoms with Crippen molar-refractivity contribution in [3.05, 3.63) is 0 Å². The molecule has 2 atom stereocenters. The van der Waals surface area contributed by atoms with Crippen LogP contribution in [-0.2, 0) is 9.53 Å². The zero-order valence-corrected chi connectivity index (χ0v) is 9.43. The Balaban J connectivity index is 2.16. The van der Waals surface area contributed by atoms with Gasteiger partial charge in [-0.05, 0) is 37.0 Å². The van der Waals surface area contributed by atoms with Crippen molar-refractivity contribution >= 4 is 5.97 Å². The summed E-state index contributed by atoms with van der Waals surface area (Å²) in [5, 5.41) is 0. The van der Waals surface area contributed by atoms with E-state index in [1.54, 1.807) is 0 Å². The smallest absolute Gasteiger partial charge is 0.306 e. The average Bonchev–Trinajstić information content (AvgIpc) is 2.26. The van der Waals surface area contributed by atoms with E-state index in [1.807, 2.05) is 0 Å². The van der Waals surface area contributed by atoms with Gasteiger partial charge in [-0.2, -0.15) is 0 Å². The molecule has 14 heavy (non-hydrogen) atoms. The lowest BCUT2D eigenvalue weighted by Gasteiger charge is -2.44. The molecule has 0 N–H and O–H groups in total. The van der Waals surface area contributed by atoms with Crippen LogP contribution in [0.3, 0.4) is 0 Å². The molecule has 1 heterocycles. The Bertz CT molecular complexity index is 257. The lowest BCUT2D eigenvalue weighted by molar-refractivity contribution is -0.155. The Morgan fingerprint density at radius 3 is 2.57 bits per heavy atom. The van der Waals surface area contributed by atoms with E-state index in [1.165, 1.54) is 6.42 Å². The minimum absolute atomic E-state index is 0.00917. The lowest BCUT2D eigenvalue weighted by Crippen LogP contribution is -2.41. The maximum absolute atomic E-state index is 11.2. The van der Waals surface area contributed by atoms with Crippen LogP contribution in [-0.4, -0.2) is 11.6 Å². The molecule has 2 rings (SSSR count). The molecule has 0 aromatic heterocycles. The molecule has 1 saturated carbocycles. The van der Waals surface area contributed by atoms with E-state index in [9.17, 15) is 4.79 Å². The largest absolute Gasteiger partial charge is 0.459 e. The molecule has 2 aliphatic rings. The summed E-state index contributed by atoms with van der Waals surface area (Å²) in [5.41, 5.74) is 0.237. The van der Waals surface area contributed by atoms with Gasteiger partial charge in [0.15, 0.2) is 0 Å². The number of hydrogen-bond acceptors (Lipinski definition) is 2. The van der Waals surface area contributed by atoms with Gasteiger partial charge in [0.25, 0.3) is 0 Å². The molecule has 0 radical (unpaired) electrons. The standard InChI is InChI=1S/C12H20O2/c1-9-6-11(2,3)8-12(7-9)5-4-10(13)14-12/h9H,4-8H2,1-3H3. The van der Waals surface area contributed by atoms with E-state index in [2.05, 4.69) is 20.8 Å². The van der Waals surface area contributed by atoms with Gasteiger partial charge >= 0.3 is 5.97 Å². The first-order chi connectivity index (χ1) is 6.41. The molecule has 1 saturated heterocycles. The first kappa shape index (κ1) is 10.0. The van der Waals surface area contributed by atoms with Crippen molar-refractivity contribution in [1.29, 1.82) is 0 Å². The third-order valence-electron chi connectivity index (χ3n) is 3.54. The van der Waals surface area contributed by atoms with Crippen molar-refractivity contribution in [3.8, 4) is 0 Å². The molecule has 1 spiro atoms. The van der Waals surface area contributed by atoms with E-state index >= 15 is 0 Å². The number of ether oxygens (including phenoxy) is 1. The van der Waals surface area contributed by atoms with Crippen LogP contribution in [0.5, 0.6) is 0 Å². The van der Waals surface area contributed by atoms with Crippen LogP contribution in [0.15, 0.2) is 0 Å². The molecule has 2 nitrogen and oxygen atoms in total. The average molecular weight is 196 g/mol. The molecule has 0 bridgehead atoms. The highest BCUT2D eigenvalue weighted by atomic mass is 16.6. The van der Waals surface area contributed by atoms with Crippen molar-refractivity contribution in [1.82, 2.24) is 0 Å². The maximum atomic E-state index is 11.2. The van der Waals surface area contributed by atoms with Gasteiger partial charge < -0.3 is 4.74 Å². The fourth-order valence-electron chi connectivity index (χ4n) is 3.61. The van der Waals surface area contributed by atoms with Gasteiger partial charge in [0.1, 0.15) is 5.60 Å². The number of rotatable bonds is 0. The second-order valence-electron chi connectivity index (χ2n) is 6.01. The number of esters is 1. The van der Waals surface area contributed by atoms with Crippen LogP contribution in [0, 0.1) is 11.3 Å². The van der Waals surface area contributed by atoms with Gasteiger partial charge in [-0.1, -0.05) is 20.8 Å². The van der Waals surface area contributed by atoms with Gasteiger partial charge in [-0.25, -0.2) is 0 Å². The van der Waals surface area contributed by atoms with Crippen molar-refractivity contribution in [3.63, 3.8) is 0 Å². The van der Waals surface area contributed by atoms with Crippen LogP contribution in [0.1, 0.15) is 52.9 Å². The molecule has 0 aromatic carbocycles. The third-order valence-corrected chi connectivity index (χ3v) is 3.54. The molecule has 1 aliphatic heterocycles. The predicted molar refractivity (Wildman–Crippen MR) is 54.9 cm³/mol. The SMILES string of the molecule is CC1CC(C)(C)CC2(CCC(=O)O2)C1. The van der Waals surface area contributed by atoms with Gasteiger partial charge in [0, 0.05) is 6.42 Å². The summed E-state index contributed by atoms with van der Waals surface area (Å²) < 4.78 is 5.56. The molecule has 1 aliphatic carbocycles. The van der Waals surface area contributed by atoms with Crippen molar-refractivity contribution in [2.45, 2.75) is 58.5 Å². The highest BCUT2D eigenvalue weighted by Gasteiger charge is 2.48.